The Morgan fingerprint density at radius 1 is 0.214 bits per heavy atom. The molecule has 0 spiro atoms. The van der Waals surface area contributed by atoms with E-state index in [9.17, 15) is 91.0 Å². The third kappa shape index (κ3) is 12.8. The number of halogens is 12. The molecule has 0 bridgehead atoms. The summed E-state index contributed by atoms with van der Waals surface area (Å²) in [5.41, 5.74) is -12.6. The number of nitrogens with zero attached hydrogens (tertiary/aromatic N) is 4. The van der Waals surface area contributed by atoms with E-state index < -0.39 is 105 Å². The summed E-state index contributed by atoms with van der Waals surface area (Å²) >= 11 is 0. The van der Waals surface area contributed by atoms with Crippen LogP contribution in [-0.2, 0) is 49.2 Å². The fourth-order valence-corrected chi connectivity index (χ4v) is 10.9. The first-order chi connectivity index (χ1) is 46.4. The highest BCUT2D eigenvalue weighted by atomic mass is 19.4. The molecule has 0 aromatic heterocycles. The number of rotatable bonds is 16. The van der Waals surface area contributed by atoms with Crippen LogP contribution in [-0.4, -0.2) is 72.0 Å². The highest BCUT2D eigenvalue weighted by Crippen LogP contribution is 2.58. The van der Waals surface area contributed by atoms with Crippen LogP contribution in [0.5, 0.6) is 46.0 Å². The number of alkyl halides is 12. The highest BCUT2D eigenvalue weighted by Gasteiger charge is 2.73. The Morgan fingerprint density at radius 3 is 0.602 bits per heavy atom. The maximum atomic E-state index is 14.7. The first-order valence-corrected chi connectivity index (χ1v) is 28.4. The van der Waals surface area contributed by atoms with Gasteiger partial charge >= 0.3 is 24.7 Å². The van der Waals surface area contributed by atoms with Crippen molar-refractivity contribution in [1.29, 1.82) is 0 Å². The Balaban J connectivity index is 0.000000198. The van der Waals surface area contributed by atoms with Gasteiger partial charge in [0.15, 0.2) is 0 Å². The van der Waals surface area contributed by atoms with E-state index in [1.54, 1.807) is 0 Å². The molecule has 28 heteroatoms. The predicted octanol–water partition coefficient (Wildman–Crippen LogP) is 15.1. The van der Waals surface area contributed by atoms with E-state index in [1.165, 1.54) is 97.1 Å². The van der Waals surface area contributed by atoms with Crippen LogP contribution in [0.25, 0.3) is 0 Å². The van der Waals surface area contributed by atoms with Crippen molar-refractivity contribution in [3.63, 3.8) is 0 Å². The zero-order chi connectivity index (χ0) is 70.3. The van der Waals surface area contributed by atoms with Gasteiger partial charge in [0, 0.05) is 60.7 Å². The fourth-order valence-electron chi connectivity index (χ4n) is 10.9. The summed E-state index contributed by atoms with van der Waals surface area (Å²) in [6.07, 6.45) is -14.7. The summed E-state index contributed by atoms with van der Waals surface area (Å²) in [5.74, 6) is -4.55. The molecule has 12 rings (SSSR count). The zero-order valence-electron chi connectivity index (χ0n) is 49.3. The maximum absolute atomic E-state index is 14.7. The largest absolute Gasteiger partial charge is 0.457 e. The van der Waals surface area contributed by atoms with Crippen LogP contribution >= 0.6 is 0 Å². The fraction of sp³-hybridized carbons (Fsp3) is 0.0857. The average Bonchev–Trinajstić information content (AvgIpc) is 0.885. The van der Waals surface area contributed by atoms with Crippen LogP contribution in [0.4, 0.5) is 75.4 Å². The van der Waals surface area contributed by atoms with Gasteiger partial charge in [0.2, 0.25) is 10.8 Å². The summed E-state index contributed by atoms with van der Waals surface area (Å²) in [7, 11) is 0. The van der Waals surface area contributed by atoms with Crippen molar-refractivity contribution >= 4 is 70.0 Å². The number of hydrogen-bond donors (Lipinski definition) is 0. The van der Waals surface area contributed by atoms with Crippen LogP contribution in [0.3, 0.4) is 0 Å². The molecule has 0 N–H and O–H groups in total. The SMILES string of the molecule is O=C1C=CC(=O)N1c1ccc(Oc2ccc(C(c3ccc(Oc4ccc(N5C(=O)C=CC5=O)cc4)cc3)(C(F)(F)F)C(F)(F)F)cc2)cc1.O=C1C=CC(=O)N1c1cccc(Oc2ccc(C(c3ccc(Oc4cccc(N5C(=O)C=CC5=O)c4)cc3)(C(F)(F)F)C(F)(F)F)cc2)c1. The van der Waals surface area contributed by atoms with Gasteiger partial charge in [0.1, 0.15) is 46.0 Å². The van der Waals surface area contributed by atoms with Gasteiger partial charge in [0.25, 0.3) is 47.3 Å². The summed E-state index contributed by atoms with van der Waals surface area (Å²) in [6, 6.07) is 35.3. The van der Waals surface area contributed by atoms with E-state index >= 15 is 0 Å². The molecule has 0 aliphatic carbocycles. The van der Waals surface area contributed by atoms with Crippen molar-refractivity contribution < 1.29 is 110 Å². The minimum Gasteiger partial charge on any atom is -0.457 e. The lowest BCUT2D eigenvalue weighted by molar-refractivity contribution is -0.290. The van der Waals surface area contributed by atoms with Crippen molar-refractivity contribution in [3.8, 4) is 46.0 Å². The summed E-state index contributed by atoms with van der Waals surface area (Å²) in [5, 5.41) is 0. The maximum Gasteiger partial charge on any atom is 0.411 e. The minimum atomic E-state index is -5.86. The topological polar surface area (TPSA) is 186 Å². The van der Waals surface area contributed by atoms with Gasteiger partial charge < -0.3 is 18.9 Å². The van der Waals surface area contributed by atoms with E-state index in [0.717, 1.165) is 117 Å². The molecule has 8 aromatic carbocycles. The first-order valence-electron chi connectivity index (χ1n) is 28.4. The van der Waals surface area contributed by atoms with Gasteiger partial charge in [-0.1, -0.05) is 60.7 Å². The lowest BCUT2D eigenvalue weighted by atomic mass is 9.73. The van der Waals surface area contributed by atoms with E-state index in [2.05, 4.69) is 0 Å². The molecule has 8 amide bonds. The Bertz CT molecular complexity index is 4260. The summed E-state index contributed by atoms with van der Waals surface area (Å²) < 4.78 is 199. The highest BCUT2D eigenvalue weighted by molar-refractivity contribution is 6.30. The number of benzene rings is 8. The van der Waals surface area contributed by atoms with E-state index in [-0.39, 0.29) is 68.7 Å². The van der Waals surface area contributed by atoms with E-state index in [4.69, 9.17) is 18.9 Å². The minimum absolute atomic E-state index is 0.0621. The van der Waals surface area contributed by atoms with Gasteiger partial charge in [-0.15, -0.1) is 0 Å². The smallest absolute Gasteiger partial charge is 0.411 e. The molecule has 0 saturated heterocycles. The van der Waals surface area contributed by atoms with Crippen LogP contribution < -0.4 is 38.5 Å². The Kier molecular flexibility index (Phi) is 17.6. The zero-order valence-corrected chi connectivity index (χ0v) is 49.3. The normalized spacial score (nSPS) is 15.1. The third-order valence-corrected chi connectivity index (χ3v) is 15.4. The average molecular weight is 1360 g/mol. The molecular weight excluding hydrogens is 1320 g/mol. The van der Waals surface area contributed by atoms with Gasteiger partial charge in [-0.25, -0.2) is 19.6 Å². The molecular formula is C70H40F12N4O12. The van der Waals surface area contributed by atoms with Crippen molar-refractivity contribution in [2.24, 2.45) is 0 Å². The molecule has 16 nitrogen and oxygen atoms in total. The standard InChI is InChI=1S/2C35H20F6N2O6/c36-34(37,38)33(35(39,40)41,21-1-9-25(10-2-21)48-27-13-5-23(6-14-27)42-29(44)17-18-30(42)45)22-3-11-26(12-4-22)49-28-15-7-24(8-16-28)43-31(46)19-20-32(43)47;36-34(37,38)33(35(39,40)41,21-7-11-25(12-8-21)48-27-5-1-3-23(19-27)42-29(44)15-16-30(42)45)22-9-13-26(14-10-22)49-28-6-2-4-24(20-28)43-31(46)17-18-32(43)47/h2*1-20H. The van der Waals surface area contributed by atoms with Crippen LogP contribution in [0.2, 0.25) is 0 Å². The second-order valence-electron chi connectivity index (χ2n) is 21.4. The Labute approximate surface area is 544 Å². The first kappa shape index (κ1) is 67.1. The molecule has 0 fully saturated rings. The third-order valence-electron chi connectivity index (χ3n) is 15.4. The van der Waals surface area contributed by atoms with Gasteiger partial charge in [-0.2, -0.15) is 52.7 Å². The van der Waals surface area contributed by atoms with Crippen LogP contribution in [0.1, 0.15) is 22.3 Å². The Hall–Kier alpha value is -12.4. The number of amides is 8. The summed E-state index contributed by atoms with van der Waals surface area (Å²) in [6.45, 7) is 0. The molecule has 4 heterocycles. The van der Waals surface area contributed by atoms with Gasteiger partial charge in [-0.05, 0) is 144 Å². The Morgan fingerprint density at radius 2 is 0.398 bits per heavy atom. The molecule has 496 valence electrons. The molecule has 4 aliphatic rings. The summed E-state index contributed by atoms with van der Waals surface area (Å²) in [4.78, 5) is 99.1. The molecule has 4 aliphatic heterocycles. The molecule has 0 atom stereocenters. The number of imide groups is 4. The quantitative estimate of drug-likeness (QED) is 0.0659. The molecule has 0 unspecified atom stereocenters. The van der Waals surface area contributed by atoms with Crippen LogP contribution in [0.15, 0.2) is 243 Å². The van der Waals surface area contributed by atoms with Gasteiger partial charge in [-0.3, -0.25) is 38.4 Å². The number of hydrogen-bond acceptors (Lipinski definition) is 12. The van der Waals surface area contributed by atoms with Crippen molar-refractivity contribution in [1.82, 2.24) is 0 Å². The second-order valence-corrected chi connectivity index (χ2v) is 21.4. The molecule has 0 radical (unpaired) electrons. The van der Waals surface area contributed by atoms with E-state index in [0.29, 0.717) is 48.5 Å². The number of carbonyl (C=O) groups excluding carboxylic acids is 8. The number of carbonyl (C=O) groups is 8. The van der Waals surface area contributed by atoms with Gasteiger partial charge in [0.05, 0.1) is 22.7 Å². The number of ether oxygens (including phenoxy) is 4. The van der Waals surface area contributed by atoms with Crippen molar-refractivity contribution in [3.05, 3.63) is 265 Å². The molecule has 8 aromatic rings. The second kappa shape index (κ2) is 25.7. The lowest BCUT2D eigenvalue weighted by Crippen LogP contribution is -2.54. The van der Waals surface area contributed by atoms with Crippen molar-refractivity contribution in [2.75, 3.05) is 19.6 Å². The lowest BCUT2D eigenvalue weighted by Gasteiger charge is -2.38. The monoisotopic (exact) mass is 1360 g/mol. The molecule has 0 saturated carbocycles. The van der Waals surface area contributed by atoms with Crippen LogP contribution in [0, 0.1) is 0 Å². The number of anilines is 4. The van der Waals surface area contributed by atoms with E-state index in [1.807, 2.05) is 0 Å². The van der Waals surface area contributed by atoms with Crippen molar-refractivity contribution in [2.45, 2.75) is 35.5 Å². The predicted molar refractivity (Wildman–Crippen MR) is 324 cm³/mol. The molecule has 98 heavy (non-hydrogen) atoms.